The predicted molar refractivity (Wildman–Crippen MR) is 75.1 cm³/mol. The van der Waals surface area contributed by atoms with Gasteiger partial charge in [0.15, 0.2) is 0 Å². The van der Waals surface area contributed by atoms with Crippen molar-refractivity contribution in [1.29, 1.82) is 0 Å². The van der Waals surface area contributed by atoms with Crippen LogP contribution in [0.4, 0.5) is 0 Å². The Morgan fingerprint density at radius 2 is 2.17 bits per heavy atom. The van der Waals surface area contributed by atoms with E-state index in [1.54, 1.807) is 7.11 Å². The Morgan fingerprint density at radius 3 is 2.67 bits per heavy atom. The molecule has 0 amide bonds. The van der Waals surface area contributed by atoms with Gasteiger partial charge < -0.3 is 4.74 Å². The summed E-state index contributed by atoms with van der Waals surface area (Å²) in [7, 11) is -1.43. The highest BCUT2D eigenvalue weighted by Gasteiger charge is 2.16. The van der Waals surface area contributed by atoms with Crippen molar-refractivity contribution in [3.8, 4) is 5.75 Å². The van der Waals surface area contributed by atoms with Crippen LogP contribution in [0, 0.1) is 0 Å². The van der Waals surface area contributed by atoms with Gasteiger partial charge in [0.2, 0.25) is 0 Å². The van der Waals surface area contributed by atoms with Gasteiger partial charge in [-0.3, -0.25) is 11.3 Å². The third kappa shape index (κ3) is 4.56. The minimum Gasteiger partial charge on any atom is -0.497 e. The van der Waals surface area contributed by atoms with Crippen LogP contribution in [-0.2, 0) is 9.84 Å². The molecule has 0 saturated carbocycles. The lowest BCUT2D eigenvalue weighted by Crippen LogP contribution is -2.29. The lowest BCUT2D eigenvalue weighted by Gasteiger charge is -2.18. The van der Waals surface area contributed by atoms with Gasteiger partial charge in [0.1, 0.15) is 15.6 Å². The summed E-state index contributed by atoms with van der Waals surface area (Å²) in [6.07, 6.45) is 1.61. The first-order valence-corrected chi connectivity index (χ1v) is 8.20. The average molecular weight is 337 g/mol. The highest BCUT2D eigenvalue weighted by atomic mass is 79.9. The molecule has 0 radical (unpaired) electrons. The first kappa shape index (κ1) is 15.4. The van der Waals surface area contributed by atoms with Crippen LogP contribution >= 0.6 is 15.9 Å². The van der Waals surface area contributed by atoms with Crippen LogP contribution in [-0.4, -0.2) is 27.5 Å². The lowest BCUT2D eigenvalue weighted by atomic mass is 10.1. The van der Waals surface area contributed by atoms with Gasteiger partial charge in [0.25, 0.3) is 0 Å². The number of sulfone groups is 1. The van der Waals surface area contributed by atoms with E-state index in [1.807, 2.05) is 18.2 Å². The molecule has 0 fully saturated rings. The Hall–Kier alpha value is -0.630. The summed E-state index contributed by atoms with van der Waals surface area (Å²) < 4.78 is 28.4. The number of hydrazine groups is 1. The normalized spacial score (nSPS) is 13.3. The summed E-state index contributed by atoms with van der Waals surface area (Å²) in [5.74, 6) is 6.26. The molecule has 0 aliphatic heterocycles. The maximum absolute atomic E-state index is 11.2. The van der Waals surface area contributed by atoms with Crippen LogP contribution < -0.4 is 16.0 Å². The predicted octanol–water partition coefficient (Wildman–Crippen LogP) is 1.40. The number of rotatable bonds is 6. The van der Waals surface area contributed by atoms with Gasteiger partial charge in [-0.25, -0.2) is 8.42 Å². The van der Waals surface area contributed by atoms with Crippen molar-refractivity contribution in [1.82, 2.24) is 5.43 Å². The number of halogens is 1. The number of methoxy groups -OCH3 is 1. The molecule has 0 aromatic heterocycles. The van der Waals surface area contributed by atoms with Crippen LogP contribution in [0.5, 0.6) is 5.75 Å². The largest absolute Gasteiger partial charge is 0.497 e. The van der Waals surface area contributed by atoms with Crippen LogP contribution in [0.15, 0.2) is 22.7 Å². The molecule has 1 rings (SSSR count). The summed E-state index contributed by atoms with van der Waals surface area (Å²) in [4.78, 5) is 0. The number of nitrogens with one attached hydrogen (secondary N) is 1. The molecule has 0 heterocycles. The number of hydrogen-bond acceptors (Lipinski definition) is 5. The van der Waals surface area contributed by atoms with Gasteiger partial charge in [-0.05, 0) is 30.2 Å². The first-order valence-electron chi connectivity index (χ1n) is 5.34. The number of hydrogen-bond donors (Lipinski definition) is 2. The van der Waals surface area contributed by atoms with Crippen molar-refractivity contribution in [2.75, 3.05) is 19.1 Å². The number of ether oxygens (including phenoxy) is 1. The molecule has 0 aliphatic rings. The Bertz CT molecular complexity index is 505. The molecule has 3 N–H and O–H groups in total. The molecule has 0 bridgehead atoms. The minimum absolute atomic E-state index is 0.0749. The zero-order chi connectivity index (χ0) is 13.8. The fourth-order valence-electron chi connectivity index (χ4n) is 1.58. The quantitative estimate of drug-likeness (QED) is 0.606. The van der Waals surface area contributed by atoms with Crippen molar-refractivity contribution in [2.24, 2.45) is 5.84 Å². The number of benzene rings is 1. The summed E-state index contributed by atoms with van der Waals surface area (Å²) in [6, 6.07) is 5.25. The van der Waals surface area contributed by atoms with Gasteiger partial charge in [0, 0.05) is 16.8 Å². The van der Waals surface area contributed by atoms with Crippen molar-refractivity contribution in [3.63, 3.8) is 0 Å². The maximum Gasteiger partial charge on any atom is 0.147 e. The van der Waals surface area contributed by atoms with E-state index in [0.717, 1.165) is 10.0 Å². The van der Waals surface area contributed by atoms with Crippen LogP contribution in [0.1, 0.15) is 18.0 Å². The fourth-order valence-corrected chi connectivity index (χ4v) is 2.76. The van der Waals surface area contributed by atoms with Crippen LogP contribution in [0.25, 0.3) is 0 Å². The van der Waals surface area contributed by atoms with E-state index in [1.165, 1.54) is 6.26 Å². The maximum atomic E-state index is 11.2. The molecule has 1 aromatic rings. The molecule has 0 saturated heterocycles. The molecule has 1 aromatic carbocycles. The minimum atomic E-state index is -3.01. The van der Waals surface area contributed by atoms with Crippen molar-refractivity contribution >= 4 is 25.8 Å². The third-order valence-electron chi connectivity index (χ3n) is 2.56. The molecule has 0 aliphatic carbocycles. The second-order valence-corrected chi connectivity index (χ2v) is 7.14. The Kier molecular flexibility index (Phi) is 5.58. The van der Waals surface area contributed by atoms with Crippen LogP contribution in [0.3, 0.4) is 0 Å². The fraction of sp³-hybridized carbons (Fsp3) is 0.455. The highest BCUT2D eigenvalue weighted by Crippen LogP contribution is 2.29. The summed E-state index contributed by atoms with van der Waals surface area (Å²) >= 11 is 3.42. The first-order chi connectivity index (χ1) is 8.37. The van der Waals surface area contributed by atoms with E-state index in [0.29, 0.717) is 12.2 Å². The Morgan fingerprint density at radius 1 is 1.50 bits per heavy atom. The highest BCUT2D eigenvalue weighted by molar-refractivity contribution is 9.10. The monoisotopic (exact) mass is 336 g/mol. The molecule has 102 valence electrons. The average Bonchev–Trinajstić information content (AvgIpc) is 2.30. The van der Waals surface area contributed by atoms with Crippen molar-refractivity contribution in [2.45, 2.75) is 12.5 Å². The Balaban J connectivity index is 2.94. The SMILES string of the molecule is COc1ccc(Br)c(C(CCS(C)(=O)=O)NN)c1. The topological polar surface area (TPSA) is 81.4 Å². The molecule has 7 heteroatoms. The molecule has 1 atom stereocenters. The van der Waals surface area contributed by atoms with Gasteiger partial charge in [0.05, 0.1) is 12.9 Å². The molecular weight excluding hydrogens is 320 g/mol. The van der Waals surface area contributed by atoms with Gasteiger partial charge in [-0.2, -0.15) is 0 Å². The summed E-state index contributed by atoms with van der Waals surface area (Å²) in [5, 5.41) is 0. The van der Waals surface area contributed by atoms with Gasteiger partial charge in [-0.15, -0.1) is 0 Å². The smallest absolute Gasteiger partial charge is 0.147 e. The Labute approximate surface area is 116 Å². The van der Waals surface area contributed by atoms with E-state index >= 15 is 0 Å². The molecule has 18 heavy (non-hydrogen) atoms. The third-order valence-corrected chi connectivity index (χ3v) is 4.26. The van der Waals surface area contributed by atoms with E-state index < -0.39 is 9.84 Å². The lowest BCUT2D eigenvalue weighted by molar-refractivity contribution is 0.412. The van der Waals surface area contributed by atoms with E-state index in [-0.39, 0.29) is 11.8 Å². The van der Waals surface area contributed by atoms with E-state index in [2.05, 4.69) is 21.4 Å². The molecule has 1 unspecified atom stereocenters. The second kappa shape index (κ2) is 6.51. The van der Waals surface area contributed by atoms with Gasteiger partial charge in [-0.1, -0.05) is 15.9 Å². The van der Waals surface area contributed by atoms with E-state index in [4.69, 9.17) is 10.6 Å². The van der Waals surface area contributed by atoms with Crippen molar-refractivity contribution < 1.29 is 13.2 Å². The zero-order valence-corrected chi connectivity index (χ0v) is 12.7. The summed E-state index contributed by atoms with van der Waals surface area (Å²) in [6.45, 7) is 0. The zero-order valence-electron chi connectivity index (χ0n) is 10.3. The standard InChI is InChI=1S/C11H17BrN2O3S/c1-17-8-3-4-10(12)9(7-8)11(14-13)5-6-18(2,15)16/h3-4,7,11,14H,5-6,13H2,1-2H3. The molecule has 5 nitrogen and oxygen atoms in total. The number of nitrogens with two attached hydrogens (primary N) is 1. The van der Waals surface area contributed by atoms with Crippen molar-refractivity contribution in [3.05, 3.63) is 28.2 Å². The summed E-state index contributed by atoms with van der Waals surface area (Å²) in [5.41, 5.74) is 3.51. The van der Waals surface area contributed by atoms with Gasteiger partial charge >= 0.3 is 0 Å². The molecule has 0 spiro atoms. The second-order valence-electron chi connectivity index (χ2n) is 4.03. The van der Waals surface area contributed by atoms with Crippen LogP contribution in [0.2, 0.25) is 0 Å². The van der Waals surface area contributed by atoms with E-state index in [9.17, 15) is 8.42 Å². The molecular formula is C11H17BrN2O3S.